The number of nitrogens with two attached hydrogens (primary N) is 1. The summed E-state index contributed by atoms with van der Waals surface area (Å²) in [6.07, 6.45) is 4.74. The highest BCUT2D eigenvalue weighted by Crippen LogP contribution is 2.17. The standard InChI is InChI=1S/C16H26N2O2.ClH/c1-2-20-15-10-7-6-9-14(15)13-18-16(19)11-5-3-4-8-12-17;/h6-7,9-10H,2-5,8,11-13,17H2,1H3,(H,18,19);1H. The quantitative estimate of drug-likeness (QED) is 0.652. The van der Waals surface area contributed by atoms with Crippen LogP contribution in [-0.2, 0) is 11.3 Å². The van der Waals surface area contributed by atoms with Gasteiger partial charge in [-0.15, -0.1) is 12.4 Å². The van der Waals surface area contributed by atoms with E-state index in [-0.39, 0.29) is 18.3 Å². The van der Waals surface area contributed by atoms with Crippen LogP contribution in [0.5, 0.6) is 5.75 Å². The van der Waals surface area contributed by atoms with E-state index in [9.17, 15) is 4.79 Å². The first-order valence-corrected chi connectivity index (χ1v) is 7.45. The maximum atomic E-state index is 11.7. The molecule has 1 amide bonds. The second-order valence-corrected chi connectivity index (χ2v) is 4.77. The SMILES string of the molecule is CCOc1ccccc1CNC(=O)CCCCCCN.Cl. The van der Waals surface area contributed by atoms with Crippen molar-refractivity contribution < 1.29 is 9.53 Å². The zero-order valence-electron chi connectivity index (χ0n) is 12.8. The van der Waals surface area contributed by atoms with Crippen LogP contribution in [0.2, 0.25) is 0 Å². The minimum atomic E-state index is 0. The van der Waals surface area contributed by atoms with E-state index in [1.807, 2.05) is 31.2 Å². The fourth-order valence-corrected chi connectivity index (χ4v) is 2.01. The summed E-state index contributed by atoms with van der Waals surface area (Å²) in [5.74, 6) is 0.947. The molecule has 5 heteroatoms. The number of carbonyl (C=O) groups is 1. The van der Waals surface area contributed by atoms with Gasteiger partial charge < -0.3 is 15.8 Å². The molecule has 3 N–H and O–H groups in total. The third-order valence-corrected chi connectivity index (χ3v) is 3.11. The molecule has 0 aliphatic carbocycles. The van der Waals surface area contributed by atoms with Gasteiger partial charge in [0.05, 0.1) is 6.61 Å². The molecule has 0 heterocycles. The minimum Gasteiger partial charge on any atom is -0.494 e. The van der Waals surface area contributed by atoms with Crippen LogP contribution < -0.4 is 15.8 Å². The van der Waals surface area contributed by atoms with Crippen molar-refractivity contribution in [2.45, 2.75) is 45.6 Å². The third-order valence-electron chi connectivity index (χ3n) is 3.11. The van der Waals surface area contributed by atoms with E-state index >= 15 is 0 Å². The number of halogens is 1. The maximum Gasteiger partial charge on any atom is 0.220 e. The van der Waals surface area contributed by atoms with Crippen LogP contribution in [0.15, 0.2) is 24.3 Å². The van der Waals surface area contributed by atoms with Crippen LogP contribution in [-0.4, -0.2) is 19.1 Å². The fraction of sp³-hybridized carbons (Fsp3) is 0.562. The lowest BCUT2D eigenvalue weighted by Crippen LogP contribution is -2.22. The number of ether oxygens (including phenoxy) is 1. The third kappa shape index (κ3) is 8.58. The summed E-state index contributed by atoms with van der Waals surface area (Å²) in [5, 5.41) is 2.95. The number of hydrogen-bond acceptors (Lipinski definition) is 3. The van der Waals surface area contributed by atoms with Crippen LogP contribution in [0.4, 0.5) is 0 Å². The summed E-state index contributed by atoms with van der Waals surface area (Å²) < 4.78 is 5.53. The second kappa shape index (κ2) is 12.5. The molecule has 0 saturated carbocycles. The number of hydrogen-bond donors (Lipinski definition) is 2. The van der Waals surface area contributed by atoms with Crippen molar-refractivity contribution in [2.24, 2.45) is 5.73 Å². The van der Waals surface area contributed by atoms with E-state index in [1.165, 1.54) is 0 Å². The number of rotatable bonds is 10. The zero-order valence-corrected chi connectivity index (χ0v) is 13.6. The topological polar surface area (TPSA) is 64.3 Å². The van der Waals surface area contributed by atoms with Gasteiger partial charge in [-0.2, -0.15) is 0 Å². The molecule has 0 spiro atoms. The Kier molecular flexibility index (Phi) is 11.7. The number of para-hydroxylation sites is 1. The lowest BCUT2D eigenvalue weighted by atomic mass is 10.1. The summed E-state index contributed by atoms with van der Waals surface area (Å²) in [7, 11) is 0. The van der Waals surface area contributed by atoms with E-state index in [1.54, 1.807) is 0 Å². The van der Waals surface area contributed by atoms with E-state index in [2.05, 4.69) is 5.32 Å². The Morgan fingerprint density at radius 1 is 1.19 bits per heavy atom. The van der Waals surface area contributed by atoms with Crippen molar-refractivity contribution in [3.63, 3.8) is 0 Å². The first-order valence-electron chi connectivity index (χ1n) is 7.45. The Balaban J connectivity index is 0.00000400. The molecule has 0 unspecified atom stereocenters. The first-order chi connectivity index (χ1) is 9.77. The predicted octanol–water partition coefficient (Wildman–Crippen LogP) is 3.03. The van der Waals surface area contributed by atoms with Gasteiger partial charge in [0.1, 0.15) is 5.75 Å². The Morgan fingerprint density at radius 3 is 2.62 bits per heavy atom. The summed E-state index contributed by atoms with van der Waals surface area (Å²) in [4.78, 5) is 11.7. The maximum absolute atomic E-state index is 11.7. The largest absolute Gasteiger partial charge is 0.494 e. The van der Waals surface area contributed by atoms with Gasteiger partial charge in [0.2, 0.25) is 5.91 Å². The van der Waals surface area contributed by atoms with Crippen molar-refractivity contribution in [3.05, 3.63) is 29.8 Å². The van der Waals surface area contributed by atoms with Crippen molar-refractivity contribution in [1.82, 2.24) is 5.32 Å². The average molecular weight is 315 g/mol. The minimum absolute atomic E-state index is 0. The molecule has 0 saturated heterocycles. The predicted molar refractivity (Wildman–Crippen MR) is 88.8 cm³/mol. The number of nitrogens with one attached hydrogen (secondary N) is 1. The molecular formula is C16H27ClN2O2. The first kappa shape index (κ1) is 19.7. The summed E-state index contributed by atoms with van der Waals surface area (Å²) in [6, 6.07) is 7.80. The number of carbonyl (C=O) groups excluding carboxylic acids is 1. The summed E-state index contributed by atoms with van der Waals surface area (Å²) >= 11 is 0. The highest BCUT2D eigenvalue weighted by molar-refractivity contribution is 5.85. The molecule has 0 atom stereocenters. The Bertz CT molecular complexity index is 400. The molecule has 0 fully saturated rings. The molecule has 1 rings (SSSR count). The van der Waals surface area contributed by atoms with Crippen LogP contribution in [0, 0.1) is 0 Å². The normalized spacial score (nSPS) is 9.81. The summed E-state index contributed by atoms with van der Waals surface area (Å²) in [6.45, 7) is 3.85. The molecule has 120 valence electrons. The molecule has 0 aliphatic rings. The Hall–Kier alpha value is -1.26. The molecule has 0 radical (unpaired) electrons. The van der Waals surface area contributed by atoms with Crippen LogP contribution in [0.25, 0.3) is 0 Å². The number of unbranched alkanes of at least 4 members (excludes halogenated alkanes) is 3. The Morgan fingerprint density at radius 2 is 1.90 bits per heavy atom. The Labute approximate surface area is 133 Å². The molecule has 1 aromatic rings. The zero-order chi connectivity index (χ0) is 14.6. The highest BCUT2D eigenvalue weighted by Gasteiger charge is 2.05. The lowest BCUT2D eigenvalue weighted by molar-refractivity contribution is -0.121. The lowest BCUT2D eigenvalue weighted by Gasteiger charge is -2.10. The average Bonchev–Trinajstić information content (AvgIpc) is 2.46. The van der Waals surface area contributed by atoms with Gasteiger partial charge in [-0.05, 0) is 32.4 Å². The molecule has 21 heavy (non-hydrogen) atoms. The van der Waals surface area contributed by atoms with E-state index < -0.39 is 0 Å². The van der Waals surface area contributed by atoms with E-state index in [0.29, 0.717) is 19.6 Å². The van der Waals surface area contributed by atoms with Crippen LogP contribution in [0.1, 0.15) is 44.6 Å². The number of benzene rings is 1. The van der Waals surface area contributed by atoms with Gasteiger partial charge in [-0.3, -0.25) is 4.79 Å². The van der Waals surface area contributed by atoms with E-state index in [0.717, 1.165) is 43.5 Å². The molecular weight excluding hydrogens is 288 g/mol. The van der Waals surface area contributed by atoms with Crippen molar-refractivity contribution >= 4 is 18.3 Å². The second-order valence-electron chi connectivity index (χ2n) is 4.77. The fourth-order valence-electron chi connectivity index (χ4n) is 2.01. The van der Waals surface area contributed by atoms with Crippen LogP contribution in [0.3, 0.4) is 0 Å². The smallest absolute Gasteiger partial charge is 0.220 e. The van der Waals surface area contributed by atoms with Gasteiger partial charge in [0, 0.05) is 18.5 Å². The summed E-state index contributed by atoms with van der Waals surface area (Å²) in [5.41, 5.74) is 6.45. The van der Waals surface area contributed by atoms with Crippen molar-refractivity contribution in [3.8, 4) is 5.75 Å². The van der Waals surface area contributed by atoms with Crippen molar-refractivity contribution in [2.75, 3.05) is 13.2 Å². The van der Waals surface area contributed by atoms with Gasteiger partial charge in [-0.25, -0.2) is 0 Å². The van der Waals surface area contributed by atoms with Gasteiger partial charge in [0.25, 0.3) is 0 Å². The van der Waals surface area contributed by atoms with Gasteiger partial charge >= 0.3 is 0 Å². The monoisotopic (exact) mass is 314 g/mol. The highest BCUT2D eigenvalue weighted by atomic mass is 35.5. The van der Waals surface area contributed by atoms with Gasteiger partial charge in [-0.1, -0.05) is 31.0 Å². The molecule has 4 nitrogen and oxygen atoms in total. The number of amides is 1. The molecule has 0 bridgehead atoms. The van der Waals surface area contributed by atoms with Crippen molar-refractivity contribution in [1.29, 1.82) is 0 Å². The molecule has 0 aromatic heterocycles. The van der Waals surface area contributed by atoms with Gasteiger partial charge in [0.15, 0.2) is 0 Å². The van der Waals surface area contributed by atoms with Crippen LogP contribution >= 0.6 is 12.4 Å². The van der Waals surface area contributed by atoms with E-state index in [4.69, 9.17) is 10.5 Å². The molecule has 0 aliphatic heterocycles. The molecule has 1 aromatic carbocycles.